The lowest BCUT2D eigenvalue weighted by atomic mass is 9.98. The van der Waals surface area contributed by atoms with E-state index in [1.54, 1.807) is 20.8 Å². The lowest BCUT2D eigenvalue weighted by Gasteiger charge is -2.16. The number of hydrogen-bond acceptors (Lipinski definition) is 8. The van der Waals surface area contributed by atoms with E-state index in [1.807, 2.05) is 0 Å². The molecule has 0 atom stereocenters. The fourth-order valence-corrected chi connectivity index (χ4v) is 2.62. The molecule has 5 N–H and O–H groups in total. The van der Waals surface area contributed by atoms with E-state index >= 15 is 0 Å². The Morgan fingerprint density at radius 3 is 2.50 bits per heavy atom. The molecule has 0 unspecified atom stereocenters. The van der Waals surface area contributed by atoms with Crippen molar-refractivity contribution in [3.8, 4) is 40.1 Å². The van der Waals surface area contributed by atoms with Gasteiger partial charge in [0.05, 0.1) is 5.41 Å². The third-order valence-electron chi connectivity index (χ3n) is 4.20. The van der Waals surface area contributed by atoms with E-state index in [4.69, 9.17) is 19.0 Å². The van der Waals surface area contributed by atoms with Crippen molar-refractivity contribution in [1.82, 2.24) is 0 Å². The van der Waals surface area contributed by atoms with Crippen LogP contribution in [0.15, 0.2) is 39.5 Å². The molecule has 9 nitrogen and oxygen atoms in total. The van der Waals surface area contributed by atoms with Crippen molar-refractivity contribution in [3.63, 3.8) is 0 Å². The lowest BCUT2D eigenvalue weighted by molar-refractivity contribution is -0.159. The quantitative estimate of drug-likeness (QED) is 0.333. The highest BCUT2D eigenvalue weighted by atomic mass is 16.7. The molecular formula is C21H21O9+. The number of ether oxygens (including phenoxy) is 2. The Morgan fingerprint density at radius 2 is 1.83 bits per heavy atom. The summed E-state index contributed by atoms with van der Waals surface area (Å²) in [6, 6.07) is 6.18. The molecule has 3 aromatic rings. The van der Waals surface area contributed by atoms with Gasteiger partial charge in [0.25, 0.3) is 5.75 Å². The second-order valence-corrected chi connectivity index (χ2v) is 7.60. The third kappa shape index (κ3) is 3.95. The largest absolute Gasteiger partial charge is 0.591 e. The van der Waals surface area contributed by atoms with Crippen LogP contribution >= 0.6 is 0 Å². The van der Waals surface area contributed by atoms with E-state index in [0.29, 0.717) is 0 Å². The summed E-state index contributed by atoms with van der Waals surface area (Å²) >= 11 is 0. The molecule has 1 aromatic heterocycles. The van der Waals surface area contributed by atoms with Crippen LogP contribution in [-0.4, -0.2) is 33.2 Å². The van der Waals surface area contributed by atoms with Gasteiger partial charge in [0.1, 0.15) is 22.5 Å². The van der Waals surface area contributed by atoms with Crippen LogP contribution < -0.4 is 10.2 Å². The van der Waals surface area contributed by atoms with Crippen LogP contribution in [-0.2, 0) is 9.53 Å². The van der Waals surface area contributed by atoms with Crippen molar-refractivity contribution < 1.29 is 39.1 Å². The Morgan fingerprint density at radius 1 is 1.13 bits per heavy atom. The summed E-state index contributed by atoms with van der Waals surface area (Å²) in [4.78, 5) is 24.3. The van der Waals surface area contributed by atoms with Crippen LogP contribution in [0.1, 0.15) is 20.8 Å². The van der Waals surface area contributed by atoms with Gasteiger partial charge in [-0.3, -0.25) is 9.59 Å². The fourth-order valence-electron chi connectivity index (χ4n) is 2.62. The SMILES string of the molecule is CC(C)(C)C(=O)OCOc1cc(-c2oc3cc(O)cc(O)c3c(=O)c2O)ccc1[OH2+]. The molecule has 9 heteroatoms. The minimum Gasteiger partial charge on any atom is -0.591 e. The second-order valence-electron chi connectivity index (χ2n) is 7.60. The highest BCUT2D eigenvalue weighted by molar-refractivity contribution is 5.88. The standard InChI is InChI=1S/C21H20O9/c1-21(2,3)20(27)29-9-28-14-6-10(4-5-12(14)23)19-18(26)17(25)16-13(24)7-11(22)8-15(16)30-19/h4-8,22-24,26H,9H2,1-3H3/p+1. The monoisotopic (exact) mass is 417 g/mol. The molecule has 0 spiro atoms. The highest BCUT2D eigenvalue weighted by Gasteiger charge is 2.24. The number of phenolic OH excluding ortho intramolecular Hbond substituents is 2. The molecule has 0 radical (unpaired) electrons. The zero-order valence-electron chi connectivity index (χ0n) is 16.5. The molecule has 0 saturated heterocycles. The van der Waals surface area contributed by atoms with Crippen molar-refractivity contribution in [2.45, 2.75) is 20.8 Å². The average molecular weight is 417 g/mol. The number of fused-ring (bicyclic) bond motifs is 1. The Hall–Kier alpha value is -3.88. The maximum Gasteiger partial charge on any atom is 0.314 e. The number of carbonyl (C=O) groups excluding carboxylic acids is 1. The Kier molecular flexibility index (Phi) is 5.22. The van der Waals surface area contributed by atoms with Gasteiger partial charge < -0.3 is 34.3 Å². The van der Waals surface area contributed by atoms with E-state index in [2.05, 4.69) is 0 Å². The molecule has 0 aliphatic rings. The smallest absolute Gasteiger partial charge is 0.314 e. The first kappa shape index (κ1) is 20.8. The number of esters is 1. The first-order valence-electron chi connectivity index (χ1n) is 8.87. The van der Waals surface area contributed by atoms with Gasteiger partial charge in [0.2, 0.25) is 23.7 Å². The molecule has 0 aliphatic carbocycles. The van der Waals surface area contributed by atoms with Crippen molar-refractivity contribution in [2.24, 2.45) is 5.41 Å². The summed E-state index contributed by atoms with van der Waals surface area (Å²) in [5.74, 6) is -2.35. The van der Waals surface area contributed by atoms with Crippen molar-refractivity contribution in [2.75, 3.05) is 6.79 Å². The summed E-state index contributed by atoms with van der Waals surface area (Å²) in [6.45, 7) is 4.63. The number of hydrogen-bond donors (Lipinski definition) is 3. The number of carbonyl (C=O) groups is 1. The molecule has 30 heavy (non-hydrogen) atoms. The van der Waals surface area contributed by atoms with Gasteiger partial charge in [-0.05, 0) is 26.8 Å². The van der Waals surface area contributed by atoms with Crippen LogP contribution in [0.25, 0.3) is 22.3 Å². The molecule has 0 amide bonds. The van der Waals surface area contributed by atoms with E-state index < -0.39 is 35.1 Å². The number of benzene rings is 2. The maximum atomic E-state index is 12.5. The van der Waals surface area contributed by atoms with Crippen molar-refractivity contribution in [3.05, 3.63) is 40.6 Å². The predicted molar refractivity (Wildman–Crippen MR) is 107 cm³/mol. The number of aromatic hydroxyl groups is 3. The van der Waals surface area contributed by atoms with Crippen LogP contribution in [0.3, 0.4) is 0 Å². The van der Waals surface area contributed by atoms with E-state index in [-0.39, 0.29) is 39.5 Å². The Labute approximate surface area is 170 Å². The summed E-state index contributed by atoms with van der Waals surface area (Å²) in [5.41, 5.74) is -1.54. The molecule has 0 bridgehead atoms. The summed E-state index contributed by atoms with van der Waals surface area (Å²) < 4.78 is 15.9. The Bertz CT molecular complexity index is 1190. The minimum absolute atomic E-state index is 0.0233. The molecule has 0 saturated carbocycles. The van der Waals surface area contributed by atoms with E-state index in [1.165, 1.54) is 18.2 Å². The van der Waals surface area contributed by atoms with Crippen LogP contribution in [0.5, 0.6) is 28.7 Å². The molecule has 0 aliphatic heterocycles. The zero-order valence-corrected chi connectivity index (χ0v) is 16.5. The molecule has 0 fully saturated rings. The van der Waals surface area contributed by atoms with Gasteiger partial charge >= 0.3 is 5.97 Å². The molecule has 3 rings (SSSR count). The van der Waals surface area contributed by atoms with Gasteiger partial charge in [0, 0.05) is 29.8 Å². The van der Waals surface area contributed by atoms with Crippen LogP contribution in [0.4, 0.5) is 0 Å². The summed E-state index contributed by atoms with van der Waals surface area (Å²) in [7, 11) is 0. The summed E-state index contributed by atoms with van der Waals surface area (Å²) in [5, 5.41) is 37.5. The van der Waals surface area contributed by atoms with Gasteiger partial charge in [-0.2, -0.15) is 0 Å². The maximum absolute atomic E-state index is 12.5. The summed E-state index contributed by atoms with van der Waals surface area (Å²) in [6.07, 6.45) is 0. The Balaban J connectivity index is 1.98. The van der Waals surface area contributed by atoms with E-state index in [0.717, 1.165) is 12.1 Å². The fraction of sp³-hybridized carbons (Fsp3) is 0.238. The van der Waals surface area contributed by atoms with Gasteiger partial charge in [-0.25, -0.2) is 0 Å². The first-order valence-corrected chi connectivity index (χ1v) is 8.87. The predicted octanol–water partition coefficient (Wildman–Crippen LogP) is 2.94. The minimum atomic E-state index is -0.889. The van der Waals surface area contributed by atoms with Crippen molar-refractivity contribution >= 4 is 16.9 Å². The second kappa shape index (κ2) is 7.51. The zero-order chi connectivity index (χ0) is 22.2. The normalized spacial score (nSPS) is 11.4. The molecule has 1 heterocycles. The van der Waals surface area contributed by atoms with Crippen LogP contribution in [0, 0.1) is 5.41 Å². The molecule has 2 aromatic carbocycles. The topological polar surface area (TPSA) is 149 Å². The molecular weight excluding hydrogens is 396 g/mol. The average Bonchev–Trinajstić information content (AvgIpc) is 2.64. The van der Waals surface area contributed by atoms with Gasteiger partial charge in [0.15, 0.2) is 5.76 Å². The van der Waals surface area contributed by atoms with E-state index in [9.17, 15) is 24.9 Å². The lowest BCUT2D eigenvalue weighted by Crippen LogP contribution is -2.24. The van der Waals surface area contributed by atoms with Crippen molar-refractivity contribution in [1.29, 1.82) is 0 Å². The van der Waals surface area contributed by atoms with Crippen LogP contribution in [0.2, 0.25) is 0 Å². The first-order chi connectivity index (χ1) is 14.0. The molecule has 158 valence electrons. The number of rotatable bonds is 4. The van der Waals surface area contributed by atoms with Gasteiger partial charge in [-0.1, -0.05) is 0 Å². The number of phenols is 2. The third-order valence-corrected chi connectivity index (χ3v) is 4.20. The highest BCUT2D eigenvalue weighted by Crippen LogP contribution is 2.38. The van der Waals surface area contributed by atoms with Gasteiger partial charge in [-0.15, -0.1) is 0 Å².